The highest BCUT2D eigenvalue weighted by atomic mass is 35.5. The van der Waals surface area contributed by atoms with Crippen molar-refractivity contribution in [3.8, 4) is 11.3 Å². The summed E-state index contributed by atoms with van der Waals surface area (Å²) in [5.74, 6) is 0. The third kappa shape index (κ3) is 1.93. The molecule has 4 rings (SSSR count). The van der Waals surface area contributed by atoms with Crippen molar-refractivity contribution in [1.82, 2.24) is 15.0 Å². The number of benzene rings is 1. The summed E-state index contributed by atoms with van der Waals surface area (Å²) in [5, 5.41) is 0.532. The number of fused-ring (bicyclic) bond motifs is 2. The first-order valence-corrected chi connectivity index (χ1v) is 7.12. The first kappa shape index (κ1) is 12.5. The molecule has 0 fully saturated rings. The van der Waals surface area contributed by atoms with Crippen LogP contribution in [0.5, 0.6) is 0 Å². The summed E-state index contributed by atoms with van der Waals surface area (Å²) in [4.78, 5) is 23.4. The molecule has 3 aromatic rings. The third-order valence-electron chi connectivity index (χ3n) is 3.94. The molecule has 1 aliphatic rings. The van der Waals surface area contributed by atoms with E-state index in [4.69, 9.17) is 11.6 Å². The van der Waals surface area contributed by atoms with Gasteiger partial charge in [-0.05, 0) is 30.2 Å². The average molecular weight is 301 g/mol. The number of aromatic nitrogens is 3. The first-order chi connectivity index (χ1) is 10.1. The van der Waals surface area contributed by atoms with Gasteiger partial charge in [-0.25, -0.2) is 9.78 Å². The number of nitrogens with zero attached hydrogens (tertiary/aromatic N) is 2. The van der Waals surface area contributed by atoms with Crippen molar-refractivity contribution in [2.75, 3.05) is 18.5 Å². The SMILES string of the molecule is CN1CCc2cc(-c3nc4[nH]c(=O)[nH]c4cc3Cl)ccc21. The molecule has 0 saturated heterocycles. The molecule has 0 aliphatic carbocycles. The van der Waals surface area contributed by atoms with E-state index in [1.807, 2.05) is 6.07 Å². The van der Waals surface area contributed by atoms with Crippen LogP contribution in [0.25, 0.3) is 22.4 Å². The number of hydrogen-bond acceptors (Lipinski definition) is 3. The molecular formula is C15H13ClN4O. The van der Waals surface area contributed by atoms with Crippen molar-refractivity contribution in [1.29, 1.82) is 0 Å². The molecule has 0 amide bonds. The number of imidazole rings is 1. The molecule has 1 aromatic carbocycles. The molecule has 0 spiro atoms. The Hall–Kier alpha value is -2.27. The Morgan fingerprint density at radius 3 is 3.00 bits per heavy atom. The molecule has 5 nitrogen and oxygen atoms in total. The summed E-state index contributed by atoms with van der Waals surface area (Å²) in [5.41, 5.74) is 5.09. The Kier molecular flexibility index (Phi) is 2.59. The van der Waals surface area contributed by atoms with E-state index in [9.17, 15) is 4.79 Å². The molecule has 2 aromatic heterocycles. The Labute approximate surface area is 125 Å². The number of anilines is 1. The van der Waals surface area contributed by atoms with Crippen LogP contribution in [0.3, 0.4) is 0 Å². The minimum Gasteiger partial charge on any atom is -0.374 e. The summed E-state index contributed by atoms with van der Waals surface area (Å²) in [6, 6.07) is 7.98. The minimum absolute atomic E-state index is 0.277. The summed E-state index contributed by atoms with van der Waals surface area (Å²) in [7, 11) is 2.09. The fraction of sp³-hybridized carbons (Fsp3) is 0.200. The molecule has 0 unspecified atom stereocenters. The average Bonchev–Trinajstić information content (AvgIpc) is 3.00. The molecule has 106 valence electrons. The van der Waals surface area contributed by atoms with Gasteiger partial charge in [-0.2, -0.15) is 0 Å². The second kappa shape index (κ2) is 4.36. The second-order valence-corrected chi connectivity index (χ2v) is 5.72. The normalized spacial score (nSPS) is 13.9. The number of aromatic amines is 2. The summed E-state index contributed by atoms with van der Waals surface area (Å²) < 4.78 is 0. The number of halogens is 1. The lowest BCUT2D eigenvalue weighted by Gasteiger charge is -2.12. The third-order valence-corrected chi connectivity index (χ3v) is 4.22. The monoisotopic (exact) mass is 300 g/mol. The maximum atomic E-state index is 11.3. The Morgan fingerprint density at radius 2 is 2.14 bits per heavy atom. The van der Waals surface area contributed by atoms with E-state index in [-0.39, 0.29) is 5.69 Å². The van der Waals surface area contributed by atoms with Crippen LogP contribution in [0.4, 0.5) is 5.69 Å². The van der Waals surface area contributed by atoms with Gasteiger partial charge >= 0.3 is 5.69 Å². The number of H-pyrrole nitrogens is 2. The molecule has 0 saturated carbocycles. The highest BCUT2D eigenvalue weighted by Gasteiger charge is 2.17. The van der Waals surface area contributed by atoms with Gasteiger partial charge in [0.15, 0.2) is 5.65 Å². The fourth-order valence-electron chi connectivity index (χ4n) is 2.86. The fourth-order valence-corrected chi connectivity index (χ4v) is 3.12. The van der Waals surface area contributed by atoms with Gasteiger partial charge in [0.05, 0.1) is 16.2 Å². The van der Waals surface area contributed by atoms with Crippen LogP contribution in [-0.4, -0.2) is 28.5 Å². The summed E-state index contributed by atoms with van der Waals surface area (Å²) >= 11 is 6.32. The van der Waals surface area contributed by atoms with Gasteiger partial charge in [0, 0.05) is 24.8 Å². The number of rotatable bonds is 1. The van der Waals surface area contributed by atoms with Gasteiger partial charge in [-0.3, -0.25) is 4.98 Å². The number of likely N-dealkylation sites (N-methyl/N-ethyl adjacent to an activating group) is 1. The quantitative estimate of drug-likeness (QED) is 0.726. The van der Waals surface area contributed by atoms with Crippen LogP contribution in [-0.2, 0) is 6.42 Å². The zero-order chi connectivity index (χ0) is 14.6. The Bertz CT molecular complexity index is 912. The predicted octanol–water partition coefficient (Wildman–Crippen LogP) is 2.56. The van der Waals surface area contributed by atoms with Crippen LogP contribution in [0.1, 0.15) is 5.56 Å². The molecular weight excluding hydrogens is 288 g/mol. The van der Waals surface area contributed by atoms with Gasteiger partial charge in [0.25, 0.3) is 0 Å². The van der Waals surface area contributed by atoms with E-state index < -0.39 is 0 Å². The van der Waals surface area contributed by atoms with E-state index in [1.54, 1.807) is 6.07 Å². The van der Waals surface area contributed by atoms with Crippen molar-refractivity contribution in [3.05, 3.63) is 45.3 Å². The van der Waals surface area contributed by atoms with Gasteiger partial charge in [-0.1, -0.05) is 17.7 Å². The molecule has 6 heteroatoms. The standard InChI is InChI=1S/C15H13ClN4O/c1-20-5-4-8-6-9(2-3-12(8)20)13-10(16)7-11-14(18-13)19-15(21)17-11/h2-3,6-7H,4-5H2,1H3,(H2,17,18,19,21). The predicted molar refractivity (Wildman–Crippen MR) is 84.1 cm³/mol. The van der Waals surface area contributed by atoms with Gasteiger partial charge < -0.3 is 9.88 Å². The van der Waals surface area contributed by atoms with Crippen LogP contribution in [0, 0.1) is 0 Å². The van der Waals surface area contributed by atoms with Gasteiger partial charge in [-0.15, -0.1) is 0 Å². The largest absolute Gasteiger partial charge is 0.374 e. The lowest BCUT2D eigenvalue weighted by atomic mass is 10.1. The van der Waals surface area contributed by atoms with E-state index in [1.165, 1.54) is 11.3 Å². The van der Waals surface area contributed by atoms with Crippen LogP contribution in [0.15, 0.2) is 29.1 Å². The lowest BCUT2D eigenvalue weighted by molar-refractivity contribution is 0.956. The summed E-state index contributed by atoms with van der Waals surface area (Å²) in [6.45, 7) is 1.03. The molecule has 3 heterocycles. The maximum Gasteiger partial charge on any atom is 0.325 e. The van der Waals surface area contributed by atoms with E-state index >= 15 is 0 Å². The zero-order valence-electron chi connectivity index (χ0n) is 11.4. The van der Waals surface area contributed by atoms with E-state index in [2.05, 4.69) is 39.0 Å². The highest BCUT2D eigenvalue weighted by molar-refractivity contribution is 6.33. The Balaban J connectivity index is 1.90. The minimum atomic E-state index is -0.277. The maximum absolute atomic E-state index is 11.3. The van der Waals surface area contributed by atoms with Crippen molar-refractivity contribution < 1.29 is 0 Å². The van der Waals surface area contributed by atoms with E-state index in [0.29, 0.717) is 21.9 Å². The van der Waals surface area contributed by atoms with Crippen LogP contribution < -0.4 is 10.6 Å². The molecule has 21 heavy (non-hydrogen) atoms. The molecule has 1 aliphatic heterocycles. The number of hydrogen-bond donors (Lipinski definition) is 2. The van der Waals surface area contributed by atoms with Crippen molar-refractivity contribution in [2.45, 2.75) is 6.42 Å². The van der Waals surface area contributed by atoms with E-state index in [0.717, 1.165) is 18.5 Å². The van der Waals surface area contributed by atoms with Crippen molar-refractivity contribution >= 4 is 28.5 Å². The van der Waals surface area contributed by atoms with Crippen molar-refractivity contribution in [2.24, 2.45) is 0 Å². The zero-order valence-corrected chi connectivity index (χ0v) is 12.2. The van der Waals surface area contributed by atoms with Gasteiger partial charge in [0.1, 0.15) is 0 Å². The molecule has 0 radical (unpaired) electrons. The smallest absolute Gasteiger partial charge is 0.325 e. The number of nitrogens with one attached hydrogen (secondary N) is 2. The van der Waals surface area contributed by atoms with Crippen molar-refractivity contribution in [3.63, 3.8) is 0 Å². The number of pyridine rings is 1. The molecule has 0 atom stereocenters. The highest BCUT2D eigenvalue weighted by Crippen LogP contribution is 2.33. The van der Waals surface area contributed by atoms with Crippen LogP contribution in [0.2, 0.25) is 5.02 Å². The lowest BCUT2D eigenvalue weighted by Crippen LogP contribution is -2.12. The second-order valence-electron chi connectivity index (χ2n) is 5.31. The van der Waals surface area contributed by atoms with Crippen LogP contribution >= 0.6 is 11.6 Å². The van der Waals surface area contributed by atoms with Gasteiger partial charge in [0.2, 0.25) is 0 Å². The Morgan fingerprint density at radius 1 is 1.29 bits per heavy atom. The molecule has 2 N–H and O–H groups in total. The first-order valence-electron chi connectivity index (χ1n) is 6.75. The summed E-state index contributed by atoms with van der Waals surface area (Å²) in [6.07, 6.45) is 1.03. The topological polar surface area (TPSA) is 64.8 Å². The molecule has 0 bridgehead atoms.